The van der Waals surface area contributed by atoms with Crippen LogP contribution in [0.4, 0.5) is 0 Å². The summed E-state index contributed by atoms with van der Waals surface area (Å²) in [5.41, 5.74) is 7.24. The molecule has 1 aromatic rings. The molecule has 4 atom stereocenters. The fraction of sp³-hybridized carbons (Fsp3) is 0.588. The lowest BCUT2D eigenvalue weighted by atomic mass is 9.81. The van der Waals surface area contributed by atoms with Crippen LogP contribution in [0.3, 0.4) is 0 Å². The summed E-state index contributed by atoms with van der Waals surface area (Å²) in [7, 11) is 0. The van der Waals surface area contributed by atoms with E-state index in [1.807, 2.05) is 18.7 Å². The van der Waals surface area contributed by atoms with Crippen molar-refractivity contribution in [1.29, 1.82) is 0 Å². The fourth-order valence-electron chi connectivity index (χ4n) is 3.05. The van der Waals surface area contributed by atoms with Crippen LogP contribution in [0, 0.1) is 11.8 Å². The first-order valence-corrected chi connectivity index (χ1v) is 7.60. The minimum Gasteiger partial charge on any atom is -0.342 e. The van der Waals surface area contributed by atoms with E-state index in [9.17, 15) is 4.79 Å². The number of carbonyl (C=O) groups excluding carboxylic acids is 1. The zero-order valence-corrected chi connectivity index (χ0v) is 14.0. The number of halogens is 1. The SMILES string of the molecule is CC(N)C(C)C(=O)N1CCC(c2ccccc2)C(C)C1.Cl. The van der Waals surface area contributed by atoms with Gasteiger partial charge in [-0.05, 0) is 30.7 Å². The number of amides is 1. The lowest BCUT2D eigenvalue weighted by Crippen LogP contribution is -2.47. The molecule has 118 valence electrons. The Balaban J connectivity index is 0.00000220. The molecule has 1 amide bonds. The molecular weight excluding hydrogens is 284 g/mol. The lowest BCUT2D eigenvalue weighted by molar-refractivity contribution is -0.137. The Morgan fingerprint density at radius 3 is 2.43 bits per heavy atom. The van der Waals surface area contributed by atoms with Crippen LogP contribution >= 0.6 is 12.4 Å². The van der Waals surface area contributed by atoms with Gasteiger partial charge in [0.2, 0.25) is 5.91 Å². The molecule has 2 N–H and O–H groups in total. The third kappa shape index (κ3) is 4.21. The molecule has 1 saturated heterocycles. The highest BCUT2D eigenvalue weighted by molar-refractivity contribution is 5.85. The maximum absolute atomic E-state index is 12.4. The third-order valence-corrected chi connectivity index (χ3v) is 4.62. The standard InChI is InChI=1S/C17H26N2O.ClH/c1-12-11-19(17(20)13(2)14(3)18)10-9-16(12)15-7-5-4-6-8-15;/h4-8,12-14,16H,9-11,18H2,1-3H3;1H. The van der Waals surface area contributed by atoms with Crippen molar-refractivity contribution in [2.24, 2.45) is 17.6 Å². The van der Waals surface area contributed by atoms with E-state index in [4.69, 9.17) is 5.73 Å². The topological polar surface area (TPSA) is 46.3 Å². The minimum atomic E-state index is -0.0875. The van der Waals surface area contributed by atoms with Crippen molar-refractivity contribution in [3.05, 3.63) is 35.9 Å². The lowest BCUT2D eigenvalue weighted by Gasteiger charge is -2.38. The molecule has 1 aliphatic heterocycles. The van der Waals surface area contributed by atoms with Gasteiger partial charge < -0.3 is 10.6 Å². The molecule has 0 radical (unpaired) electrons. The summed E-state index contributed by atoms with van der Waals surface area (Å²) in [4.78, 5) is 14.4. The average molecular weight is 311 g/mol. The monoisotopic (exact) mass is 310 g/mol. The van der Waals surface area contributed by atoms with Crippen LogP contribution in [0.1, 0.15) is 38.7 Å². The number of nitrogens with zero attached hydrogens (tertiary/aromatic N) is 1. The Hall–Kier alpha value is -1.06. The van der Waals surface area contributed by atoms with E-state index in [1.165, 1.54) is 5.56 Å². The number of nitrogens with two attached hydrogens (primary N) is 1. The number of hydrogen-bond acceptors (Lipinski definition) is 2. The minimum absolute atomic E-state index is 0. The highest BCUT2D eigenvalue weighted by atomic mass is 35.5. The van der Waals surface area contributed by atoms with Gasteiger partial charge in [-0.3, -0.25) is 4.79 Å². The summed E-state index contributed by atoms with van der Waals surface area (Å²) in [6, 6.07) is 10.6. The predicted octanol–water partition coefficient (Wildman–Crippen LogP) is 3.04. The molecule has 1 heterocycles. The second-order valence-electron chi connectivity index (χ2n) is 6.22. The summed E-state index contributed by atoms with van der Waals surface area (Å²) in [5, 5.41) is 0. The molecule has 21 heavy (non-hydrogen) atoms. The van der Waals surface area contributed by atoms with Crippen molar-refractivity contribution in [1.82, 2.24) is 4.90 Å². The summed E-state index contributed by atoms with van der Waals surface area (Å²) in [6.45, 7) is 7.77. The van der Waals surface area contributed by atoms with Crippen LogP contribution in [0.2, 0.25) is 0 Å². The number of likely N-dealkylation sites (tertiary alicyclic amines) is 1. The number of benzene rings is 1. The maximum atomic E-state index is 12.4. The van der Waals surface area contributed by atoms with Crippen LogP contribution in [-0.2, 0) is 4.79 Å². The smallest absolute Gasteiger partial charge is 0.226 e. The molecule has 1 aliphatic rings. The number of hydrogen-bond donors (Lipinski definition) is 1. The molecule has 3 nitrogen and oxygen atoms in total. The predicted molar refractivity (Wildman–Crippen MR) is 89.6 cm³/mol. The van der Waals surface area contributed by atoms with Crippen molar-refractivity contribution >= 4 is 18.3 Å². The number of carbonyl (C=O) groups is 1. The molecule has 0 aliphatic carbocycles. The number of rotatable bonds is 3. The molecule has 2 rings (SSSR count). The molecule has 4 unspecified atom stereocenters. The van der Waals surface area contributed by atoms with E-state index >= 15 is 0 Å². The van der Waals surface area contributed by atoms with E-state index in [2.05, 4.69) is 37.3 Å². The van der Waals surface area contributed by atoms with E-state index < -0.39 is 0 Å². The number of piperidine rings is 1. The Kier molecular flexibility index (Phi) is 6.69. The van der Waals surface area contributed by atoms with Crippen molar-refractivity contribution in [3.8, 4) is 0 Å². The van der Waals surface area contributed by atoms with Gasteiger partial charge in [0.15, 0.2) is 0 Å². The van der Waals surface area contributed by atoms with Gasteiger partial charge in [-0.1, -0.05) is 44.2 Å². The van der Waals surface area contributed by atoms with Gasteiger partial charge in [-0.2, -0.15) is 0 Å². The van der Waals surface area contributed by atoms with Crippen molar-refractivity contribution < 1.29 is 4.79 Å². The normalized spacial score (nSPS) is 24.9. The van der Waals surface area contributed by atoms with Gasteiger partial charge in [0.05, 0.1) is 5.92 Å². The Morgan fingerprint density at radius 2 is 1.90 bits per heavy atom. The summed E-state index contributed by atoms with van der Waals surface area (Å²) in [5.74, 6) is 1.18. The van der Waals surface area contributed by atoms with Crippen molar-refractivity contribution in [2.45, 2.75) is 39.2 Å². The Bertz CT molecular complexity index is 449. The van der Waals surface area contributed by atoms with Gasteiger partial charge in [0, 0.05) is 19.1 Å². The molecule has 4 heteroatoms. The van der Waals surface area contributed by atoms with Crippen LogP contribution in [-0.4, -0.2) is 29.9 Å². The third-order valence-electron chi connectivity index (χ3n) is 4.62. The van der Waals surface area contributed by atoms with E-state index in [1.54, 1.807) is 0 Å². The van der Waals surface area contributed by atoms with Crippen LogP contribution in [0.25, 0.3) is 0 Å². The van der Waals surface area contributed by atoms with E-state index in [0.29, 0.717) is 11.8 Å². The summed E-state index contributed by atoms with van der Waals surface area (Å²) < 4.78 is 0. The van der Waals surface area contributed by atoms with Gasteiger partial charge >= 0.3 is 0 Å². The second kappa shape index (κ2) is 7.81. The second-order valence-corrected chi connectivity index (χ2v) is 6.22. The molecule has 0 bridgehead atoms. The quantitative estimate of drug-likeness (QED) is 0.932. The van der Waals surface area contributed by atoms with E-state index in [0.717, 1.165) is 19.5 Å². The first kappa shape index (κ1) is 18.0. The van der Waals surface area contributed by atoms with Gasteiger partial charge in [0.25, 0.3) is 0 Å². The van der Waals surface area contributed by atoms with Gasteiger partial charge in [0.1, 0.15) is 0 Å². The fourth-order valence-corrected chi connectivity index (χ4v) is 3.05. The first-order chi connectivity index (χ1) is 9.50. The van der Waals surface area contributed by atoms with Crippen LogP contribution in [0.5, 0.6) is 0 Å². The highest BCUT2D eigenvalue weighted by Gasteiger charge is 2.32. The van der Waals surface area contributed by atoms with Crippen LogP contribution < -0.4 is 5.73 Å². The summed E-state index contributed by atoms with van der Waals surface area (Å²) >= 11 is 0. The van der Waals surface area contributed by atoms with Gasteiger partial charge in [-0.25, -0.2) is 0 Å². The molecule has 0 saturated carbocycles. The largest absolute Gasteiger partial charge is 0.342 e. The molecule has 1 aromatic carbocycles. The van der Waals surface area contributed by atoms with Gasteiger partial charge in [-0.15, -0.1) is 12.4 Å². The average Bonchev–Trinajstić information content (AvgIpc) is 2.46. The van der Waals surface area contributed by atoms with E-state index in [-0.39, 0.29) is 30.3 Å². The zero-order chi connectivity index (χ0) is 14.7. The molecular formula is C17H27ClN2O. The zero-order valence-electron chi connectivity index (χ0n) is 13.2. The molecule has 1 fully saturated rings. The van der Waals surface area contributed by atoms with Crippen LogP contribution in [0.15, 0.2) is 30.3 Å². The summed E-state index contributed by atoms with van der Waals surface area (Å²) in [6.07, 6.45) is 1.04. The molecule has 0 aromatic heterocycles. The first-order valence-electron chi connectivity index (χ1n) is 7.60. The van der Waals surface area contributed by atoms with Crippen molar-refractivity contribution in [2.75, 3.05) is 13.1 Å². The molecule has 0 spiro atoms. The van der Waals surface area contributed by atoms with Crippen molar-refractivity contribution in [3.63, 3.8) is 0 Å². The maximum Gasteiger partial charge on any atom is 0.226 e. The highest BCUT2D eigenvalue weighted by Crippen LogP contribution is 2.33. The Labute approximate surface area is 134 Å². The Morgan fingerprint density at radius 1 is 1.29 bits per heavy atom.